The van der Waals surface area contributed by atoms with Crippen molar-refractivity contribution in [2.24, 2.45) is 5.92 Å². The second kappa shape index (κ2) is 9.93. The number of amides is 1. The van der Waals surface area contributed by atoms with Gasteiger partial charge in [0.25, 0.3) is 5.91 Å². The molecule has 0 bridgehead atoms. The number of halogens is 1. The van der Waals surface area contributed by atoms with Crippen LogP contribution < -0.4 is 5.32 Å². The van der Waals surface area contributed by atoms with Gasteiger partial charge < -0.3 is 14.8 Å². The Hall–Kier alpha value is -2.81. The van der Waals surface area contributed by atoms with Gasteiger partial charge in [0, 0.05) is 10.9 Å². The maximum Gasteiger partial charge on any atom is 0.358 e. The van der Waals surface area contributed by atoms with Crippen molar-refractivity contribution in [3.05, 3.63) is 41.2 Å². The van der Waals surface area contributed by atoms with Crippen molar-refractivity contribution >= 4 is 29.2 Å². The summed E-state index contributed by atoms with van der Waals surface area (Å²) in [5.41, 5.74) is 0.709. The molecule has 1 amide bonds. The predicted octanol–water partition coefficient (Wildman–Crippen LogP) is 2.81. The topological polar surface area (TPSA) is 94.6 Å². The molecule has 0 unspecified atom stereocenters. The molecule has 0 fully saturated rings. The van der Waals surface area contributed by atoms with Crippen LogP contribution in [0.2, 0.25) is 0 Å². The molecule has 0 saturated carbocycles. The molecule has 1 heterocycles. The van der Waals surface area contributed by atoms with Gasteiger partial charge in [-0.1, -0.05) is 20.3 Å². The molecule has 0 spiro atoms. The lowest BCUT2D eigenvalue weighted by atomic mass is 9.99. The van der Waals surface area contributed by atoms with Crippen LogP contribution in [-0.2, 0) is 19.1 Å². The van der Waals surface area contributed by atoms with E-state index in [9.17, 15) is 18.8 Å². The zero-order valence-corrected chi connectivity index (χ0v) is 16.5. The van der Waals surface area contributed by atoms with Gasteiger partial charge in [-0.05, 0) is 30.2 Å². The second-order valence-electron chi connectivity index (χ2n) is 6.07. The highest BCUT2D eigenvalue weighted by Crippen LogP contribution is 2.24. The van der Waals surface area contributed by atoms with Crippen LogP contribution in [0, 0.1) is 11.7 Å². The Morgan fingerprint density at radius 1 is 1.25 bits per heavy atom. The minimum atomic E-state index is -0.814. The van der Waals surface area contributed by atoms with E-state index < -0.39 is 30.5 Å². The Balaban J connectivity index is 1.93. The standard InChI is InChI=1S/C19H21FN2O5S/c1-4-11(2)16(19(25)26-3)22-15(23)9-27-18(24)14-10-28-17(21-14)12-5-7-13(20)8-6-12/h5-8,10-11,16H,4,9H2,1-3H3,(H,22,23)/t11-,16+/m1/s1. The van der Waals surface area contributed by atoms with E-state index in [4.69, 9.17) is 4.74 Å². The molecule has 0 saturated heterocycles. The van der Waals surface area contributed by atoms with Crippen LogP contribution in [0.4, 0.5) is 4.39 Å². The molecule has 28 heavy (non-hydrogen) atoms. The van der Waals surface area contributed by atoms with E-state index in [1.54, 1.807) is 19.1 Å². The average molecular weight is 408 g/mol. The van der Waals surface area contributed by atoms with E-state index in [0.29, 0.717) is 17.0 Å². The summed E-state index contributed by atoms with van der Waals surface area (Å²) in [7, 11) is 1.24. The Bertz CT molecular complexity index is 837. The first-order valence-electron chi connectivity index (χ1n) is 8.61. The van der Waals surface area contributed by atoms with Gasteiger partial charge in [0.1, 0.15) is 16.9 Å². The summed E-state index contributed by atoms with van der Waals surface area (Å²) >= 11 is 1.20. The van der Waals surface area contributed by atoms with Gasteiger partial charge >= 0.3 is 11.9 Å². The number of aromatic nitrogens is 1. The molecular formula is C19H21FN2O5S. The van der Waals surface area contributed by atoms with Crippen molar-refractivity contribution < 1.29 is 28.2 Å². The van der Waals surface area contributed by atoms with E-state index in [0.717, 1.165) is 0 Å². The SMILES string of the molecule is CC[C@@H](C)[C@H](NC(=O)COC(=O)c1csc(-c2ccc(F)cc2)n1)C(=O)OC. The van der Waals surface area contributed by atoms with Gasteiger partial charge in [0.2, 0.25) is 0 Å². The third kappa shape index (κ3) is 5.59. The number of hydrogen-bond acceptors (Lipinski definition) is 7. The van der Waals surface area contributed by atoms with E-state index in [1.165, 1.54) is 36.0 Å². The molecular weight excluding hydrogens is 387 g/mol. The van der Waals surface area contributed by atoms with Gasteiger partial charge in [-0.15, -0.1) is 11.3 Å². The van der Waals surface area contributed by atoms with Crippen LogP contribution in [0.1, 0.15) is 30.8 Å². The molecule has 1 aromatic carbocycles. The molecule has 0 radical (unpaired) electrons. The van der Waals surface area contributed by atoms with Crippen LogP contribution >= 0.6 is 11.3 Å². The molecule has 2 atom stereocenters. The van der Waals surface area contributed by atoms with Crippen molar-refractivity contribution in [1.82, 2.24) is 10.3 Å². The zero-order chi connectivity index (χ0) is 20.7. The van der Waals surface area contributed by atoms with Gasteiger partial charge in [-0.2, -0.15) is 0 Å². The maximum atomic E-state index is 13.0. The minimum Gasteiger partial charge on any atom is -0.467 e. The highest BCUT2D eigenvalue weighted by atomic mass is 32.1. The second-order valence-corrected chi connectivity index (χ2v) is 6.93. The lowest BCUT2D eigenvalue weighted by Crippen LogP contribution is -2.47. The van der Waals surface area contributed by atoms with E-state index >= 15 is 0 Å². The normalized spacial score (nSPS) is 12.7. The Kier molecular flexibility index (Phi) is 7.62. The monoisotopic (exact) mass is 408 g/mol. The molecule has 7 nitrogen and oxygen atoms in total. The molecule has 2 rings (SSSR count). The quantitative estimate of drug-likeness (QED) is 0.675. The summed E-state index contributed by atoms with van der Waals surface area (Å²) in [5.74, 6) is -2.44. The zero-order valence-electron chi connectivity index (χ0n) is 15.7. The third-order valence-corrected chi connectivity index (χ3v) is 5.01. The summed E-state index contributed by atoms with van der Waals surface area (Å²) in [6, 6.07) is 4.89. The highest BCUT2D eigenvalue weighted by molar-refractivity contribution is 7.13. The molecule has 0 aliphatic carbocycles. The Morgan fingerprint density at radius 3 is 2.54 bits per heavy atom. The van der Waals surface area contributed by atoms with Crippen LogP contribution in [0.15, 0.2) is 29.6 Å². The average Bonchev–Trinajstić information content (AvgIpc) is 3.19. The number of carbonyl (C=O) groups is 3. The number of thiazole rings is 1. The van der Waals surface area contributed by atoms with Gasteiger partial charge in [-0.3, -0.25) is 4.79 Å². The number of rotatable bonds is 8. The summed E-state index contributed by atoms with van der Waals surface area (Å²) in [5, 5.41) is 4.54. The van der Waals surface area contributed by atoms with Crippen molar-refractivity contribution in [3.8, 4) is 10.6 Å². The number of esters is 2. The van der Waals surface area contributed by atoms with Crippen molar-refractivity contribution in [1.29, 1.82) is 0 Å². The van der Waals surface area contributed by atoms with Crippen molar-refractivity contribution in [2.45, 2.75) is 26.3 Å². The van der Waals surface area contributed by atoms with Crippen LogP contribution in [0.3, 0.4) is 0 Å². The number of nitrogens with one attached hydrogen (secondary N) is 1. The fourth-order valence-electron chi connectivity index (χ4n) is 2.31. The summed E-state index contributed by atoms with van der Waals surface area (Å²) in [4.78, 5) is 40.1. The van der Waals surface area contributed by atoms with Gasteiger partial charge in [0.15, 0.2) is 12.3 Å². The maximum absolute atomic E-state index is 13.0. The van der Waals surface area contributed by atoms with Gasteiger partial charge in [-0.25, -0.2) is 19.0 Å². The minimum absolute atomic E-state index is 0.0450. The number of carbonyl (C=O) groups excluding carboxylic acids is 3. The fourth-order valence-corrected chi connectivity index (χ4v) is 3.10. The fraction of sp³-hybridized carbons (Fsp3) is 0.368. The number of nitrogens with zero attached hydrogens (tertiary/aromatic N) is 1. The molecule has 2 aromatic rings. The van der Waals surface area contributed by atoms with Crippen LogP contribution in [-0.4, -0.2) is 42.6 Å². The van der Waals surface area contributed by atoms with Crippen molar-refractivity contribution in [2.75, 3.05) is 13.7 Å². The number of methoxy groups -OCH3 is 1. The lowest BCUT2D eigenvalue weighted by Gasteiger charge is -2.21. The molecule has 0 aliphatic heterocycles. The number of hydrogen-bond donors (Lipinski definition) is 1. The predicted molar refractivity (Wildman–Crippen MR) is 101 cm³/mol. The number of ether oxygens (including phenoxy) is 2. The molecule has 0 aliphatic rings. The molecule has 9 heteroatoms. The first-order valence-corrected chi connectivity index (χ1v) is 9.49. The highest BCUT2D eigenvalue weighted by Gasteiger charge is 2.27. The Morgan fingerprint density at radius 2 is 1.93 bits per heavy atom. The lowest BCUT2D eigenvalue weighted by molar-refractivity contribution is -0.147. The third-order valence-electron chi connectivity index (χ3n) is 4.12. The van der Waals surface area contributed by atoms with E-state index in [2.05, 4.69) is 15.0 Å². The first kappa shape index (κ1) is 21.5. The molecule has 1 aromatic heterocycles. The number of benzene rings is 1. The Labute approximate surface area is 165 Å². The summed E-state index contributed by atoms with van der Waals surface area (Å²) < 4.78 is 22.6. The summed E-state index contributed by atoms with van der Waals surface area (Å²) in [6.07, 6.45) is 0.658. The van der Waals surface area contributed by atoms with E-state index in [-0.39, 0.29) is 17.4 Å². The van der Waals surface area contributed by atoms with E-state index in [1.807, 2.05) is 6.92 Å². The first-order chi connectivity index (χ1) is 13.3. The molecule has 150 valence electrons. The van der Waals surface area contributed by atoms with Crippen LogP contribution in [0.5, 0.6) is 0 Å². The summed E-state index contributed by atoms with van der Waals surface area (Å²) in [6.45, 7) is 3.14. The molecule has 1 N–H and O–H groups in total. The van der Waals surface area contributed by atoms with Crippen LogP contribution in [0.25, 0.3) is 10.6 Å². The van der Waals surface area contributed by atoms with Crippen molar-refractivity contribution in [3.63, 3.8) is 0 Å². The van der Waals surface area contributed by atoms with Gasteiger partial charge in [0.05, 0.1) is 7.11 Å². The smallest absolute Gasteiger partial charge is 0.358 e. The largest absolute Gasteiger partial charge is 0.467 e.